The minimum absolute atomic E-state index is 0.166. The lowest BCUT2D eigenvalue weighted by Gasteiger charge is -2.19. The van der Waals surface area contributed by atoms with E-state index < -0.39 is 0 Å². The van der Waals surface area contributed by atoms with Gasteiger partial charge in [-0.25, -0.2) is 9.37 Å². The van der Waals surface area contributed by atoms with Crippen molar-refractivity contribution in [2.45, 2.75) is 39.2 Å². The lowest BCUT2D eigenvalue weighted by atomic mass is 10.3. The summed E-state index contributed by atoms with van der Waals surface area (Å²) in [5.74, 6) is 0.620. The second-order valence-electron chi connectivity index (χ2n) is 6.05. The second kappa shape index (κ2) is 10.6. The zero-order valence-corrected chi connectivity index (χ0v) is 15.5. The molecule has 1 unspecified atom stereocenters. The maximum atomic E-state index is 13.9. The van der Waals surface area contributed by atoms with Gasteiger partial charge in [-0.3, -0.25) is 9.79 Å². The second-order valence-corrected chi connectivity index (χ2v) is 6.05. The number of esters is 1. The number of nitrogens with one attached hydrogen (secondary N) is 2. The number of nitrogens with zero attached hydrogens (tertiary/aromatic N) is 3. The summed E-state index contributed by atoms with van der Waals surface area (Å²) in [6.07, 6.45) is 3.50. The largest absolute Gasteiger partial charge is 0.466 e. The Balaban J connectivity index is 1.83. The smallest absolute Gasteiger partial charge is 0.305 e. The van der Waals surface area contributed by atoms with Crippen LogP contribution in [0, 0.1) is 5.82 Å². The van der Waals surface area contributed by atoms with Crippen LogP contribution in [0.1, 0.15) is 33.1 Å². The van der Waals surface area contributed by atoms with Gasteiger partial charge in [-0.2, -0.15) is 0 Å². The van der Waals surface area contributed by atoms with Crippen molar-refractivity contribution in [1.82, 2.24) is 15.6 Å². The molecular formula is C18H28FN5O2. The molecule has 2 heterocycles. The highest BCUT2D eigenvalue weighted by molar-refractivity contribution is 5.80. The van der Waals surface area contributed by atoms with E-state index >= 15 is 0 Å². The van der Waals surface area contributed by atoms with Crippen LogP contribution in [0.25, 0.3) is 0 Å². The predicted molar refractivity (Wildman–Crippen MR) is 99.8 cm³/mol. The molecule has 0 aromatic carbocycles. The van der Waals surface area contributed by atoms with Gasteiger partial charge >= 0.3 is 5.97 Å². The molecule has 1 saturated heterocycles. The molecule has 144 valence electrons. The molecule has 7 nitrogen and oxygen atoms in total. The fourth-order valence-corrected chi connectivity index (χ4v) is 2.84. The van der Waals surface area contributed by atoms with Crippen LogP contribution >= 0.6 is 0 Å². The van der Waals surface area contributed by atoms with Gasteiger partial charge in [0.1, 0.15) is 0 Å². The molecule has 1 aliphatic rings. The third-order valence-corrected chi connectivity index (χ3v) is 4.03. The SMILES string of the molecule is CCNC(=NCCCC(=O)OCC)NC1CCN(c2ncccc2F)C1. The topological polar surface area (TPSA) is 78.8 Å². The molecule has 1 atom stereocenters. The Morgan fingerprint density at radius 3 is 3.08 bits per heavy atom. The van der Waals surface area contributed by atoms with E-state index in [4.69, 9.17) is 4.74 Å². The van der Waals surface area contributed by atoms with Gasteiger partial charge < -0.3 is 20.3 Å². The number of hydrogen-bond acceptors (Lipinski definition) is 5. The molecule has 2 N–H and O–H groups in total. The van der Waals surface area contributed by atoms with Gasteiger partial charge in [-0.15, -0.1) is 0 Å². The van der Waals surface area contributed by atoms with E-state index in [2.05, 4.69) is 20.6 Å². The zero-order chi connectivity index (χ0) is 18.8. The zero-order valence-electron chi connectivity index (χ0n) is 15.5. The average Bonchev–Trinajstić information content (AvgIpc) is 3.08. The Morgan fingerprint density at radius 2 is 2.35 bits per heavy atom. The predicted octanol–water partition coefficient (Wildman–Crippen LogP) is 1.70. The molecular weight excluding hydrogens is 337 g/mol. The van der Waals surface area contributed by atoms with Crippen molar-refractivity contribution in [3.63, 3.8) is 0 Å². The summed E-state index contributed by atoms with van der Waals surface area (Å²) in [6, 6.07) is 3.19. The Hall–Kier alpha value is -2.38. The first-order valence-corrected chi connectivity index (χ1v) is 9.20. The van der Waals surface area contributed by atoms with Gasteiger partial charge in [0.25, 0.3) is 0 Å². The molecule has 1 aromatic heterocycles. The minimum Gasteiger partial charge on any atom is -0.466 e. The summed E-state index contributed by atoms with van der Waals surface area (Å²) in [5, 5.41) is 6.58. The van der Waals surface area contributed by atoms with Gasteiger partial charge in [0.05, 0.1) is 6.61 Å². The lowest BCUT2D eigenvalue weighted by Crippen LogP contribution is -2.44. The number of hydrogen-bond donors (Lipinski definition) is 2. The number of rotatable bonds is 8. The number of ether oxygens (including phenoxy) is 1. The summed E-state index contributed by atoms with van der Waals surface area (Å²) in [4.78, 5) is 21.9. The molecule has 0 aliphatic carbocycles. The van der Waals surface area contributed by atoms with E-state index in [1.165, 1.54) is 6.07 Å². The number of halogens is 1. The molecule has 0 amide bonds. The number of aliphatic imine (C=N–C) groups is 1. The lowest BCUT2D eigenvalue weighted by molar-refractivity contribution is -0.143. The summed E-state index contributed by atoms with van der Waals surface area (Å²) in [7, 11) is 0. The molecule has 26 heavy (non-hydrogen) atoms. The number of carbonyl (C=O) groups is 1. The molecule has 8 heteroatoms. The van der Waals surface area contributed by atoms with Gasteiger partial charge in [-0.05, 0) is 38.8 Å². The highest BCUT2D eigenvalue weighted by atomic mass is 19.1. The molecule has 1 fully saturated rings. The fourth-order valence-electron chi connectivity index (χ4n) is 2.84. The molecule has 0 saturated carbocycles. The summed E-state index contributed by atoms with van der Waals surface area (Å²) in [6.45, 7) is 6.90. The van der Waals surface area contributed by atoms with Crippen molar-refractivity contribution < 1.29 is 13.9 Å². The van der Waals surface area contributed by atoms with Crippen LogP contribution in [0.2, 0.25) is 0 Å². The number of guanidine groups is 1. The number of anilines is 1. The third-order valence-electron chi connectivity index (χ3n) is 4.03. The first-order valence-electron chi connectivity index (χ1n) is 9.20. The molecule has 0 bridgehead atoms. The van der Waals surface area contributed by atoms with Crippen LogP contribution in [0.3, 0.4) is 0 Å². The summed E-state index contributed by atoms with van der Waals surface area (Å²) < 4.78 is 18.8. The monoisotopic (exact) mass is 365 g/mol. The number of carbonyl (C=O) groups excluding carboxylic acids is 1. The van der Waals surface area contributed by atoms with E-state index in [0.29, 0.717) is 44.3 Å². The van der Waals surface area contributed by atoms with Crippen LogP contribution in [-0.2, 0) is 9.53 Å². The Kier molecular flexibility index (Phi) is 8.11. The minimum atomic E-state index is -0.298. The van der Waals surface area contributed by atoms with Crippen LogP contribution in [0.5, 0.6) is 0 Å². The van der Waals surface area contributed by atoms with Crippen LogP contribution in [-0.4, -0.2) is 55.7 Å². The van der Waals surface area contributed by atoms with Gasteiger partial charge in [-0.1, -0.05) is 0 Å². The average molecular weight is 365 g/mol. The Labute approximate surface area is 154 Å². The van der Waals surface area contributed by atoms with Gasteiger partial charge in [0.15, 0.2) is 17.6 Å². The first-order chi connectivity index (χ1) is 12.6. The molecule has 0 radical (unpaired) electrons. The normalized spacial score (nSPS) is 17.3. The standard InChI is InChI=1S/C18H28FN5O2/c1-3-20-18(22-11-6-8-16(25)26-4-2)23-14-9-12-24(13-14)17-15(19)7-5-10-21-17/h5,7,10,14H,3-4,6,8-9,11-13H2,1-2H3,(H2,20,22,23). The Bertz CT molecular complexity index is 611. The van der Waals surface area contributed by atoms with Crippen LogP contribution in [0.4, 0.5) is 10.2 Å². The van der Waals surface area contributed by atoms with Crippen molar-refractivity contribution >= 4 is 17.7 Å². The van der Waals surface area contributed by atoms with Gasteiger partial charge in [0.2, 0.25) is 0 Å². The number of aromatic nitrogens is 1. The fraction of sp³-hybridized carbons (Fsp3) is 0.611. The van der Waals surface area contributed by atoms with Crippen molar-refractivity contribution in [2.75, 3.05) is 37.7 Å². The maximum Gasteiger partial charge on any atom is 0.305 e. The quantitative estimate of drug-likeness (QED) is 0.316. The Morgan fingerprint density at radius 1 is 1.50 bits per heavy atom. The maximum absolute atomic E-state index is 13.9. The van der Waals surface area contributed by atoms with Crippen molar-refractivity contribution in [3.05, 3.63) is 24.1 Å². The van der Waals surface area contributed by atoms with E-state index in [-0.39, 0.29) is 17.8 Å². The number of pyridine rings is 1. The first kappa shape index (κ1) is 19.9. The summed E-state index contributed by atoms with van der Waals surface area (Å²) in [5.41, 5.74) is 0. The highest BCUT2D eigenvalue weighted by Gasteiger charge is 2.25. The van der Waals surface area contributed by atoms with Crippen LogP contribution < -0.4 is 15.5 Å². The molecule has 1 aromatic rings. The van der Waals surface area contributed by atoms with Crippen LogP contribution in [0.15, 0.2) is 23.3 Å². The van der Waals surface area contributed by atoms with E-state index in [1.807, 2.05) is 11.8 Å². The molecule has 2 rings (SSSR count). The van der Waals surface area contributed by atoms with Crippen molar-refractivity contribution in [3.8, 4) is 0 Å². The third kappa shape index (κ3) is 6.16. The van der Waals surface area contributed by atoms with E-state index in [0.717, 1.165) is 19.5 Å². The van der Waals surface area contributed by atoms with E-state index in [9.17, 15) is 9.18 Å². The molecule has 0 spiro atoms. The van der Waals surface area contributed by atoms with E-state index in [1.54, 1.807) is 19.2 Å². The van der Waals surface area contributed by atoms with Gasteiger partial charge in [0, 0.05) is 44.8 Å². The summed E-state index contributed by atoms with van der Waals surface area (Å²) >= 11 is 0. The molecule has 1 aliphatic heterocycles. The van der Waals surface area contributed by atoms with Crippen molar-refractivity contribution in [1.29, 1.82) is 0 Å². The van der Waals surface area contributed by atoms with Crippen molar-refractivity contribution in [2.24, 2.45) is 4.99 Å². The highest BCUT2D eigenvalue weighted by Crippen LogP contribution is 2.20.